The van der Waals surface area contributed by atoms with E-state index in [1.807, 2.05) is 32.0 Å². The van der Waals surface area contributed by atoms with Crippen LogP contribution < -0.4 is 10.0 Å². The van der Waals surface area contributed by atoms with Gasteiger partial charge >= 0.3 is 0 Å². The first-order valence-electron chi connectivity index (χ1n) is 8.82. The molecule has 5 nitrogen and oxygen atoms in total. The Labute approximate surface area is 155 Å². The molecule has 0 aliphatic heterocycles. The Morgan fingerprint density at radius 1 is 1.00 bits per heavy atom. The monoisotopic (exact) mass is 374 g/mol. The molecule has 2 N–H and O–H groups in total. The lowest BCUT2D eigenvalue weighted by atomic mass is 10.1. The third kappa shape index (κ3) is 5.41. The van der Waals surface area contributed by atoms with Crippen LogP contribution in [0.2, 0.25) is 0 Å². The van der Waals surface area contributed by atoms with Crippen LogP contribution in [0, 0.1) is 13.8 Å². The van der Waals surface area contributed by atoms with Crippen LogP contribution >= 0.6 is 0 Å². The van der Waals surface area contributed by atoms with Crippen molar-refractivity contribution in [3.63, 3.8) is 0 Å². The van der Waals surface area contributed by atoms with Crippen molar-refractivity contribution in [2.45, 2.75) is 44.9 Å². The van der Waals surface area contributed by atoms with Crippen LogP contribution in [0.25, 0.3) is 0 Å². The molecule has 0 heterocycles. The molecule has 1 amide bonds. The number of nitrogens with one attached hydrogen (secondary N) is 2. The Bertz CT molecular complexity index is 859. The molecule has 2 aromatic rings. The first-order valence-corrected chi connectivity index (χ1v) is 10.3. The zero-order chi connectivity index (χ0) is 19.2. The zero-order valence-electron chi connectivity index (χ0n) is 15.5. The lowest BCUT2D eigenvalue weighted by Crippen LogP contribution is -2.24. The van der Waals surface area contributed by atoms with Crippen LogP contribution in [-0.2, 0) is 10.0 Å². The second-order valence-electron chi connectivity index (χ2n) is 6.40. The normalized spacial score (nSPS) is 11.3. The topological polar surface area (TPSA) is 75.3 Å². The van der Waals surface area contributed by atoms with E-state index in [4.69, 9.17) is 0 Å². The molecule has 2 aromatic carbocycles. The lowest BCUT2D eigenvalue weighted by molar-refractivity contribution is 0.102. The van der Waals surface area contributed by atoms with E-state index in [0.29, 0.717) is 12.1 Å². The quantitative estimate of drug-likeness (QED) is 0.685. The van der Waals surface area contributed by atoms with E-state index in [9.17, 15) is 13.2 Å². The largest absolute Gasteiger partial charge is 0.322 e. The van der Waals surface area contributed by atoms with E-state index in [1.165, 1.54) is 24.3 Å². The molecule has 0 saturated heterocycles. The standard InChI is InChI=1S/C20H26N2O3S/c1-4-5-6-13-21-26(24,25)18-11-9-17(10-12-18)20(23)22-19-14-15(2)7-8-16(19)3/h7-12,14,21H,4-6,13H2,1-3H3,(H,22,23). The molecule has 0 bridgehead atoms. The highest BCUT2D eigenvalue weighted by atomic mass is 32.2. The fourth-order valence-corrected chi connectivity index (χ4v) is 3.59. The van der Waals surface area contributed by atoms with Crippen molar-refractivity contribution < 1.29 is 13.2 Å². The maximum absolute atomic E-state index is 12.4. The number of sulfonamides is 1. The smallest absolute Gasteiger partial charge is 0.255 e. The average molecular weight is 375 g/mol. The molecule has 0 aliphatic rings. The summed E-state index contributed by atoms with van der Waals surface area (Å²) in [6, 6.07) is 11.8. The van der Waals surface area contributed by atoms with Crippen LogP contribution in [0.3, 0.4) is 0 Å². The SMILES string of the molecule is CCCCCNS(=O)(=O)c1ccc(C(=O)Nc2cc(C)ccc2C)cc1. The van der Waals surface area contributed by atoms with E-state index in [2.05, 4.69) is 17.0 Å². The van der Waals surface area contributed by atoms with Crippen LogP contribution in [0.5, 0.6) is 0 Å². The molecular formula is C20H26N2O3S. The Hall–Kier alpha value is -2.18. The van der Waals surface area contributed by atoms with Crippen molar-refractivity contribution in [2.75, 3.05) is 11.9 Å². The van der Waals surface area contributed by atoms with Gasteiger partial charge in [-0.05, 0) is 61.7 Å². The van der Waals surface area contributed by atoms with Crippen molar-refractivity contribution in [3.05, 3.63) is 59.2 Å². The van der Waals surface area contributed by atoms with Crippen LogP contribution in [0.1, 0.15) is 47.7 Å². The van der Waals surface area contributed by atoms with E-state index in [-0.39, 0.29) is 10.8 Å². The van der Waals surface area contributed by atoms with Crippen molar-refractivity contribution >= 4 is 21.6 Å². The van der Waals surface area contributed by atoms with Crippen LogP contribution in [0.4, 0.5) is 5.69 Å². The average Bonchev–Trinajstić information content (AvgIpc) is 2.62. The van der Waals surface area contributed by atoms with Gasteiger partial charge in [0.05, 0.1) is 4.90 Å². The van der Waals surface area contributed by atoms with Gasteiger partial charge in [-0.3, -0.25) is 4.79 Å². The highest BCUT2D eigenvalue weighted by Crippen LogP contribution is 2.18. The van der Waals surface area contributed by atoms with E-state index in [0.717, 1.165) is 36.1 Å². The predicted molar refractivity (Wildman–Crippen MR) is 105 cm³/mol. The summed E-state index contributed by atoms with van der Waals surface area (Å²) in [7, 11) is -3.54. The summed E-state index contributed by atoms with van der Waals surface area (Å²) in [5.41, 5.74) is 3.20. The molecule has 0 aliphatic carbocycles. The molecule has 0 saturated carbocycles. The maximum Gasteiger partial charge on any atom is 0.255 e. The molecule has 0 spiro atoms. The van der Waals surface area contributed by atoms with E-state index in [1.54, 1.807) is 0 Å². The first-order chi connectivity index (χ1) is 12.3. The van der Waals surface area contributed by atoms with Crippen molar-refractivity contribution in [3.8, 4) is 0 Å². The van der Waals surface area contributed by atoms with Gasteiger partial charge in [0.15, 0.2) is 0 Å². The summed E-state index contributed by atoms with van der Waals surface area (Å²) >= 11 is 0. The number of rotatable bonds is 8. The van der Waals surface area contributed by atoms with Crippen molar-refractivity contribution in [2.24, 2.45) is 0 Å². The number of benzene rings is 2. The van der Waals surface area contributed by atoms with Gasteiger partial charge in [-0.2, -0.15) is 0 Å². The predicted octanol–water partition coefficient (Wildman–Crippen LogP) is 4.02. The van der Waals surface area contributed by atoms with Gasteiger partial charge in [-0.1, -0.05) is 31.9 Å². The Morgan fingerprint density at radius 2 is 1.69 bits per heavy atom. The van der Waals surface area contributed by atoms with E-state index < -0.39 is 10.0 Å². The summed E-state index contributed by atoms with van der Waals surface area (Å²) in [4.78, 5) is 12.6. The lowest BCUT2D eigenvalue weighted by Gasteiger charge is -2.10. The number of carbonyl (C=O) groups is 1. The number of hydrogen-bond donors (Lipinski definition) is 2. The van der Waals surface area contributed by atoms with Gasteiger partial charge in [-0.25, -0.2) is 13.1 Å². The second kappa shape index (κ2) is 8.96. The highest BCUT2D eigenvalue weighted by Gasteiger charge is 2.14. The molecule has 0 fully saturated rings. The number of unbranched alkanes of at least 4 members (excludes halogenated alkanes) is 2. The molecule has 140 valence electrons. The van der Waals surface area contributed by atoms with Gasteiger partial charge in [0.2, 0.25) is 10.0 Å². The molecule has 0 radical (unpaired) electrons. The van der Waals surface area contributed by atoms with Crippen LogP contribution in [0.15, 0.2) is 47.4 Å². The summed E-state index contributed by atoms with van der Waals surface area (Å²) < 4.78 is 27.1. The van der Waals surface area contributed by atoms with Crippen molar-refractivity contribution in [1.29, 1.82) is 0 Å². The summed E-state index contributed by atoms with van der Waals surface area (Å²) in [5.74, 6) is -0.265. The molecule has 0 unspecified atom stereocenters. The molecule has 2 rings (SSSR count). The van der Waals surface area contributed by atoms with Crippen molar-refractivity contribution in [1.82, 2.24) is 4.72 Å². The second-order valence-corrected chi connectivity index (χ2v) is 8.17. The summed E-state index contributed by atoms with van der Waals surface area (Å²) in [6.45, 7) is 6.37. The molecule has 0 atom stereocenters. The highest BCUT2D eigenvalue weighted by molar-refractivity contribution is 7.89. The minimum atomic E-state index is -3.54. The van der Waals surface area contributed by atoms with Gasteiger partial charge in [0.25, 0.3) is 5.91 Å². The number of carbonyl (C=O) groups excluding carboxylic acids is 1. The fraction of sp³-hybridized carbons (Fsp3) is 0.350. The van der Waals surface area contributed by atoms with Gasteiger partial charge < -0.3 is 5.32 Å². The minimum absolute atomic E-state index is 0.164. The summed E-state index contributed by atoms with van der Waals surface area (Å²) in [5, 5.41) is 2.87. The minimum Gasteiger partial charge on any atom is -0.322 e. The fourth-order valence-electron chi connectivity index (χ4n) is 2.52. The molecule has 0 aromatic heterocycles. The molecule has 26 heavy (non-hydrogen) atoms. The van der Waals surface area contributed by atoms with E-state index >= 15 is 0 Å². The van der Waals surface area contributed by atoms with Gasteiger partial charge in [0.1, 0.15) is 0 Å². The Kier molecular flexibility index (Phi) is 6.94. The Balaban J connectivity index is 2.06. The Morgan fingerprint density at radius 3 is 2.35 bits per heavy atom. The first kappa shape index (κ1) is 20.1. The third-order valence-electron chi connectivity index (χ3n) is 4.14. The number of hydrogen-bond acceptors (Lipinski definition) is 3. The number of aryl methyl sites for hydroxylation is 2. The van der Waals surface area contributed by atoms with Crippen LogP contribution in [-0.4, -0.2) is 20.9 Å². The van der Waals surface area contributed by atoms with Gasteiger partial charge in [-0.15, -0.1) is 0 Å². The number of amides is 1. The summed E-state index contributed by atoms with van der Waals surface area (Å²) in [6.07, 6.45) is 2.83. The maximum atomic E-state index is 12.4. The van der Waals surface area contributed by atoms with Gasteiger partial charge in [0, 0.05) is 17.8 Å². The molecular weight excluding hydrogens is 348 g/mol. The zero-order valence-corrected chi connectivity index (χ0v) is 16.3. The third-order valence-corrected chi connectivity index (χ3v) is 5.62. The number of anilines is 1. The molecule has 6 heteroatoms.